The zero-order valence-electron chi connectivity index (χ0n) is 13.7. The second-order valence-electron chi connectivity index (χ2n) is 6.52. The highest BCUT2D eigenvalue weighted by molar-refractivity contribution is 5.95. The zero-order valence-corrected chi connectivity index (χ0v) is 13.7. The van der Waals surface area contributed by atoms with E-state index in [0.717, 1.165) is 40.1 Å². The van der Waals surface area contributed by atoms with Gasteiger partial charge >= 0.3 is 0 Å². The van der Waals surface area contributed by atoms with Gasteiger partial charge in [0.25, 0.3) is 0 Å². The molecule has 1 aliphatic rings. The molecule has 0 radical (unpaired) electrons. The Morgan fingerprint density at radius 1 is 1.04 bits per heavy atom. The largest absolute Gasteiger partial charge is 0.310 e. The summed E-state index contributed by atoms with van der Waals surface area (Å²) < 4.78 is 0. The maximum atomic E-state index is 4.55. The van der Waals surface area contributed by atoms with E-state index in [0.29, 0.717) is 6.04 Å². The summed E-state index contributed by atoms with van der Waals surface area (Å²) in [6.07, 6.45) is 4.12. The summed E-state index contributed by atoms with van der Waals surface area (Å²) in [6.45, 7) is 0.907. The molecule has 25 heavy (non-hydrogen) atoms. The standard InChI is InChI=1S/C19H18N6/c1-2-12(10-20-15-5-6-15)8-13(3-1)18-16-9-14(19-21-11-22-25-19)4-7-17(16)23-24-18/h1-4,7-9,11,15,20H,5-6,10H2,(H,23,24)(H,21,22,25). The van der Waals surface area contributed by atoms with Gasteiger partial charge in [0.1, 0.15) is 6.33 Å². The first kappa shape index (κ1) is 14.4. The van der Waals surface area contributed by atoms with Crippen molar-refractivity contribution in [3.8, 4) is 22.6 Å². The lowest BCUT2D eigenvalue weighted by molar-refractivity contribution is 0.688. The number of nitrogens with zero attached hydrogens (tertiary/aromatic N) is 3. The molecule has 2 aromatic carbocycles. The first-order chi connectivity index (χ1) is 12.4. The van der Waals surface area contributed by atoms with E-state index < -0.39 is 0 Å². The molecule has 3 N–H and O–H groups in total. The van der Waals surface area contributed by atoms with Gasteiger partial charge in [-0.3, -0.25) is 10.2 Å². The van der Waals surface area contributed by atoms with Crippen LogP contribution < -0.4 is 5.32 Å². The van der Waals surface area contributed by atoms with Crippen LogP contribution in [0.25, 0.3) is 33.5 Å². The van der Waals surface area contributed by atoms with Crippen LogP contribution in [0, 0.1) is 0 Å². The van der Waals surface area contributed by atoms with Crippen molar-refractivity contribution in [1.82, 2.24) is 30.7 Å². The number of aromatic amines is 2. The Labute approximate surface area is 144 Å². The molecular weight excluding hydrogens is 312 g/mol. The third kappa shape index (κ3) is 2.81. The second kappa shape index (κ2) is 5.82. The van der Waals surface area contributed by atoms with Gasteiger partial charge in [0.15, 0.2) is 5.82 Å². The molecule has 2 heterocycles. The van der Waals surface area contributed by atoms with E-state index in [1.165, 1.54) is 24.7 Å². The minimum absolute atomic E-state index is 0.708. The van der Waals surface area contributed by atoms with Gasteiger partial charge < -0.3 is 5.32 Å². The van der Waals surface area contributed by atoms with E-state index >= 15 is 0 Å². The molecule has 6 nitrogen and oxygen atoms in total. The van der Waals surface area contributed by atoms with E-state index in [-0.39, 0.29) is 0 Å². The van der Waals surface area contributed by atoms with Crippen molar-refractivity contribution in [2.45, 2.75) is 25.4 Å². The summed E-state index contributed by atoms with van der Waals surface area (Å²) in [4.78, 5) is 4.24. The van der Waals surface area contributed by atoms with Gasteiger partial charge in [-0.1, -0.05) is 18.2 Å². The Morgan fingerprint density at radius 3 is 2.84 bits per heavy atom. The molecule has 2 aromatic heterocycles. The van der Waals surface area contributed by atoms with Crippen LogP contribution in [0.2, 0.25) is 0 Å². The normalized spacial score (nSPS) is 14.2. The van der Waals surface area contributed by atoms with E-state index in [2.05, 4.69) is 61.0 Å². The van der Waals surface area contributed by atoms with E-state index in [9.17, 15) is 0 Å². The first-order valence-electron chi connectivity index (χ1n) is 8.53. The van der Waals surface area contributed by atoms with Crippen LogP contribution in [0.4, 0.5) is 0 Å². The number of aromatic nitrogens is 5. The minimum atomic E-state index is 0.708. The van der Waals surface area contributed by atoms with Crippen molar-refractivity contribution in [1.29, 1.82) is 0 Å². The van der Waals surface area contributed by atoms with Gasteiger partial charge in [-0.2, -0.15) is 10.2 Å². The minimum Gasteiger partial charge on any atom is -0.310 e. The van der Waals surface area contributed by atoms with Gasteiger partial charge in [-0.25, -0.2) is 4.98 Å². The Balaban J connectivity index is 1.53. The average molecular weight is 330 g/mol. The fourth-order valence-corrected chi connectivity index (χ4v) is 3.10. The molecule has 0 saturated heterocycles. The quantitative estimate of drug-likeness (QED) is 0.524. The molecule has 6 heteroatoms. The van der Waals surface area contributed by atoms with Crippen molar-refractivity contribution in [3.05, 3.63) is 54.4 Å². The second-order valence-corrected chi connectivity index (χ2v) is 6.52. The van der Waals surface area contributed by atoms with Gasteiger partial charge in [-0.15, -0.1) is 0 Å². The summed E-state index contributed by atoms with van der Waals surface area (Å²) in [7, 11) is 0. The molecule has 0 aliphatic heterocycles. The highest BCUT2D eigenvalue weighted by Gasteiger charge is 2.20. The lowest BCUT2D eigenvalue weighted by Gasteiger charge is -2.05. The fourth-order valence-electron chi connectivity index (χ4n) is 3.10. The Morgan fingerprint density at radius 2 is 2.00 bits per heavy atom. The summed E-state index contributed by atoms with van der Waals surface area (Å²) in [5, 5.41) is 19.2. The maximum Gasteiger partial charge on any atom is 0.155 e. The predicted molar refractivity (Wildman–Crippen MR) is 96.8 cm³/mol. The van der Waals surface area contributed by atoms with Crippen molar-refractivity contribution in [2.24, 2.45) is 0 Å². The summed E-state index contributed by atoms with van der Waals surface area (Å²) >= 11 is 0. The molecule has 1 fully saturated rings. The number of H-pyrrole nitrogens is 2. The van der Waals surface area contributed by atoms with Crippen LogP contribution in [-0.4, -0.2) is 31.4 Å². The summed E-state index contributed by atoms with van der Waals surface area (Å²) in [5.41, 5.74) is 5.38. The molecule has 4 aromatic rings. The van der Waals surface area contributed by atoms with Crippen LogP contribution in [0.15, 0.2) is 48.8 Å². The smallest absolute Gasteiger partial charge is 0.155 e. The molecule has 1 saturated carbocycles. The van der Waals surface area contributed by atoms with Crippen LogP contribution >= 0.6 is 0 Å². The molecule has 1 aliphatic carbocycles. The van der Waals surface area contributed by atoms with Gasteiger partial charge in [0.05, 0.1) is 11.2 Å². The van der Waals surface area contributed by atoms with Gasteiger partial charge in [0, 0.05) is 29.1 Å². The Bertz CT molecular complexity index is 1010. The monoisotopic (exact) mass is 330 g/mol. The third-order valence-corrected chi connectivity index (χ3v) is 4.62. The molecule has 124 valence electrons. The van der Waals surface area contributed by atoms with Gasteiger partial charge in [0.2, 0.25) is 0 Å². The number of nitrogens with one attached hydrogen (secondary N) is 3. The van der Waals surface area contributed by atoms with Crippen LogP contribution in [-0.2, 0) is 6.54 Å². The fraction of sp³-hybridized carbons (Fsp3) is 0.211. The van der Waals surface area contributed by atoms with E-state index in [1.807, 2.05) is 12.1 Å². The average Bonchev–Trinajstić information content (AvgIpc) is 3.15. The molecule has 0 atom stereocenters. The SMILES string of the molecule is c1cc(CNC2CC2)cc(-c2n[nH]c3ccc(-c4ncn[nH]4)cc23)c1. The zero-order chi connectivity index (χ0) is 16.6. The van der Waals surface area contributed by atoms with Crippen LogP contribution in [0.1, 0.15) is 18.4 Å². The number of fused-ring (bicyclic) bond motifs is 1. The van der Waals surface area contributed by atoms with Crippen molar-refractivity contribution >= 4 is 10.9 Å². The highest BCUT2D eigenvalue weighted by Crippen LogP contribution is 2.30. The van der Waals surface area contributed by atoms with Crippen molar-refractivity contribution in [3.63, 3.8) is 0 Å². The maximum absolute atomic E-state index is 4.55. The highest BCUT2D eigenvalue weighted by atomic mass is 15.2. The summed E-state index contributed by atoms with van der Waals surface area (Å²) in [6, 6.07) is 15.4. The van der Waals surface area contributed by atoms with Gasteiger partial charge in [-0.05, 0) is 42.7 Å². The molecule has 0 spiro atoms. The number of hydrogen-bond acceptors (Lipinski definition) is 4. The number of hydrogen-bond donors (Lipinski definition) is 3. The predicted octanol–water partition coefficient (Wildman–Crippen LogP) is 3.27. The van der Waals surface area contributed by atoms with Crippen LogP contribution in [0.5, 0.6) is 0 Å². The molecular formula is C19H18N6. The summed E-state index contributed by atoms with van der Waals surface area (Å²) in [5.74, 6) is 0.761. The molecule has 5 rings (SSSR count). The topological polar surface area (TPSA) is 82.3 Å². The third-order valence-electron chi connectivity index (χ3n) is 4.62. The van der Waals surface area contributed by atoms with Crippen molar-refractivity contribution in [2.75, 3.05) is 0 Å². The lowest BCUT2D eigenvalue weighted by Crippen LogP contribution is -2.15. The number of rotatable bonds is 5. The Kier molecular flexibility index (Phi) is 3.34. The molecule has 0 unspecified atom stereocenters. The molecule has 0 amide bonds. The van der Waals surface area contributed by atoms with Crippen LogP contribution in [0.3, 0.4) is 0 Å². The lowest BCUT2D eigenvalue weighted by atomic mass is 10.0. The number of benzene rings is 2. The van der Waals surface area contributed by atoms with E-state index in [4.69, 9.17) is 0 Å². The Hall–Kier alpha value is -2.99. The van der Waals surface area contributed by atoms with E-state index in [1.54, 1.807) is 0 Å². The first-order valence-corrected chi connectivity index (χ1v) is 8.53. The molecule has 0 bridgehead atoms. The van der Waals surface area contributed by atoms with Crippen molar-refractivity contribution < 1.29 is 0 Å².